The van der Waals surface area contributed by atoms with E-state index in [0.29, 0.717) is 29.7 Å². The normalized spacial score (nSPS) is 14.9. The number of carbonyl (C=O) groups excluding carboxylic acids is 2. The number of esters is 1. The number of rotatable bonds is 4. The van der Waals surface area contributed by atoms with E-state index in [1.165, 1.54) is 6.07 Å². The summed E-state index contributed by atoms with van der Waals surface area (Å²) < 4.78 is 4.98. The molecule has 0 saturated carbocycles. The summed E-state index contributed by atoms with van der Waals surface area (Å²) in [6.45, 7) is 3.31. The fraction of sp³-hybridized carbons (Fsp3) is 0.389. The lowest BCUT2D eigenvalue weighted by Crippen LogP contribution is -2.40. The first-order valence-corrected chi connectivity index (χ1v) is 8.98. The number of halogens is 1. The first-order chi connectivity index (χ1) is 12.6. The molecule has 0 radical (unpaired) electrons. The number of likely N-dealkylation sites (tertiary alicyclic amines) is 1. The average Bonchev–Trinajstić information content (AvgIpc) is 3.18. The van der Waals surface area contributed by atoms with Gasteiger partial charge >= 0.3 is 12.0 Å². The highest BCUT2D eigenvalue weighted by Gasteiger charge is 2.25. The monoisotopic (exact) mass is 376 g/mol. The van der Waals surface area contributed by atoms with E-state index in [9.17, 15) is 9.59 Å². The number of urea groups is 1. The van der Waals surface area contributed by atoms with Crippen LogP contribution in [-0.2, 0) is 4.74 Å². The fourth-order valence-electron chi connectivity index (χ4n) is 3.06. The molecule has 3 rings (SSSR count). The molecule has 138 valence electrons. The molecule has 0 unspecified atom stereocenters. The molecule has 2 aromatic rings. The van der Waals surface area contributed by atoms with Crippen molar-refractivity contribution >= 4 is 29.3 Å². The fourth-order valence-corrected chi connectivity index (χ4v) is 3.25. The van der Waals surface area contributed by atoms with E-state index in [1.54, 1.807) is 30.2 Å². The first kappa shape index (κ1) is 18.3. The van der Waals surface area contributed by atoms with Crippen molar-refractivity contribution in [3.63, 3.8) is 0 Å². The van der Waals surface area contributed by atoms with Gasteiger partial charge in [0.1, 0.15) is 0 Å². The Kier molecular flexibility index (Phi) is 5.78. The molecule has 2 N–H and O–H groups in total. The van der Waals surface area contributed by atoms with Crippen molar-refractivity contribution in [2.45, 2.75) is 25.7 Å². The van der Waals surface area contributed by atoms with Crippen LogP contribution in [0.5, 0.6) is 0 Å². The lowest BCUT2D eigenvalue weighted by Gasteiger charge is -2.31. The van der Waals surface area contributed by atoms with Gasteiger partial charge in [-0.2, -0.15) is 5.10 Å². The quantitative estimate of drug-likeness (QED) is 0.797. The third-order valence-corrected chi connectivity index (χ3v) is 4.79. The summed E-state index contributed by atoms with van der Waals surface area (Å²) in [7, 11) is 0. The molecule has 1 aromatic heterocycles. The number of aromatic amines is 1. The highest BCUT2D eigenvalue weighted by molar-refractivity contribution is 6.33. The van der Waals surface area contributed by atoms with Crippen LogP contribution in [0.1, 0.15) is 41.7 Å². The van der Waals surface area contributed by atoms with Crippen LogP contribution in [0.25, 0.3) is 0 Å². The molecular weight excluding hydrogens is 356 g/mol. The van der Waals surface area contributed by atoms with E-state index < -0.39 is 5.97 Å². The van der Waals surface area contributed by atoms with Crippen molar-refractivity contribution in [2.24, 2.45) is 0 Å². The van der Waals surface area contributed by atoms with E-state index in [2.05, 4.69) is 15.5 Å². The molecule has 0 bridgehead atoms. The van der Waals surface area contributed by atoms with Gasteiger partial charge < -0.3 is 15.0 Å². The number of hydrogen-bond donors (Lipinski definition) is 2. The Morgan fingerprint density at radius 3 is 2.77 bits per heavy atom. The van der Waals surface area contributed by atoms with Crippen LogP contribution in [0, 0.1) is 0 Å². The number of carbonyl (C=O) groups is 2. The number of H-pyrrole nitrogens is 1. The lowest BCUT2D eigenvalue weighted by molar-refractivity contribution is 0.0526. The van der Waals surface area contributed by atoms with Crippen LogP contribution in [0.3, 0.4) is 0 Å². The maximum Gasteiger partial charge on any atom is 0.339 e. The van der Waals surface area contributed by atoms with Crippen molar-refractivity contribution in [3.05, 3.63) is 46.7 Å². The second-order valence-electron chi connectivity index (χ2n) is 6.12. The number of nitrogens with one attached hydrogen (secondary N) is 2. The predicted molar refractivity (Wildman–Crippen MR) is 98.6 cm³/mol. The van der Waals surface area contributed by atoms with Gasteiger partial charge in [-0.3, -0.25) is 5.10 Å². The summed E-state index contributed by atoms with van der Waals surface area (Å²) >= 11 is 6.04. The summed E-state index contributed by atoms with van der Waals surface area (Å²) in [6, 6.07) is 6.57. The molecule has 1 fully saturated rings. The predicted octanol–water partition coefficient (Wildman–Crippen LogP) is 3.65. The second kappa shape index (κ2) is 8.23. The van der Waals surface area contributed by atoms with Gasteiger partial charge in [0.15, 0.2) is 0 Å². The minimum Gasteiger partial charge on any atom is -0.462 e. The molecule has 2 heterocycles. The number of amides is 2. The number of anilines is 1. The summed E-state index contributed by atoms with van der Waals surface area (Å²) in [6.07, 6.45) is 3.50. The van der Waals surface area contributed by atoms with Gasteiger partial charge in [0.25, 0.3) is 0 Å². The zero-order valence-corrected chi connectivity index (χ0v) is 15.3. The number of aromatic nitrogens is 2. The van der Waals surface area contributed by atoms with Crippen molar-refractivity contribution in [3.8, 4) is 0 Å². The molecule has 0 spiro atoms. The van der Waals surface area contributed by atoms with Gasteiger partial charge in [0.05, 0.1) is 17.2 Å². The molecule has 1 aliphatic heterocycles. The van der Waals surface area contributed by atoms with Gasteiger partial charge in [0.2, 0.25) is 0 Å². The third-order valence-electron chi connectivity index (χ3n) is 4.46. The van der Waals surface area contributed by atoms with E-state index >= 15 is 0 Å². The second-order valence-corrected chi connectivity index (χ2v) is 6.53. The molecule has 1 aromatic carbocycles. The van der Waals surface area contributed by atoms with Crippen LogP contribution in [0.4, 0.5) is 10.5 Å². The highest BCUT2D eigenvalue weighted by atomic mass is 35.5. The SMILES string of the molecule is CCOC(=O)c1cc(NC(=O)N2CCC(c3ccn[nH]3)CC2)ccc1Cl. The molecule has 26 heavy (non-hydrogen) atoms. The number of benzene rings is 1. The minimum atomic E-state index is -0.506. The number of hydrogen-bond acceptors (Lipinski definition) is 4. The lowest BCUT2D eigenvalue weighted by atomic mass is 9.94. The molecule has 0 aliphatic carbocycles. The van der Waals surface area contributed by atoms with Crippen molar-refractivity contribution < 1.29 is 14.3 Å². The Morgan fingerprint density at radius 2 is 2.12 bits per heavy atom. The average molecular weight is 377 g/mol. The van der Waals surface area contributed by atoms with Crippen molar-refractivity contribution in [1.29, 1.82) is 0 Å². The van der Waals surface area contributed by atoms with Gasteiger partial charge in [0, 0.05) is 36.6 Å². The Morgan fingerprint density at radius 1 is 1.35 bits per heavy atom. The molecule has 2 amide bonds. The third kappa shape index (κ3) is 4.16. The number of piperidine rings is 1. The van der Waals surface area contributed by atoms with Gasteiger partial charge in [-0.1, -0.05) is 11.6 Å². The minimum absolute atomic E-state index is 0.190. The molecule has 8 heteroatoms. The molecule has 0 atom stereocenters. The topological polar surface area (TPSA) is 87.3 Å². The highest BCUT2D eigenvalue weighted by Crippen LogP contribution is 2.27. The Labute approximate surface area is 156 Å². The van der Waals surface area contributed by atoms with Crippen LogP contribution in [0.15, 0.2) is 30.5 Å². The Hall–Kier alpha value is -2.54. The standard InChI is InChI=1S/C18H21ClN4O3/c1-2-26-17(24)14-11-13(3-4-15(14)19)21-18(25)23-9-6-12(7-10-23)16-5-8-20-22-16/h3-5,8,11-12H,2,6-7,9-10H2,1H3,(H,20,22)(H,21,25). The van der Waals surface area contributed by atoms with Gasteiger partial charge in [-0.05, 0) is 44.0 Å². The van der Waals surface area contributed by atoms with E-state index in [1.807, 2.05) is 6.07 Å². The van der Waals surface area contributed by atoms with Crippen molar-refractivity contribution in [2.75, 3.05) is 25.0 Å². The maximum atomic E-state index is 12.5. The summed E-state index contributed by atoms with van der Waals surface area (Å²) in [5.41, 5.74) is 1.87. The van der Waals surface area contributed by atoms with Crippen molar-refractivity contribution in [1.82, 2.24) is 15.1 Å². The Bertz CT molecular complexity index is 771. The number of nitrogens with zero attached hydrogens (tertiary/aromatic N) is 2. The van der Waals surface area contributed by atoms with Crippen LogP contribution in [0.2, 0.25) is 5.02 Å². The van der Waals surface area contributed by atoms with E-state index in [4.69, 9.17) is 16.3 Å². The smallest absolute Gasteiger partial charge is 0.339 e. The zero-order valence-electron chi connectivity index (χ0n) is 14.5. The van der Waals surface area contributed by atoms with E-state index in [-0.39, 0.29) is 18.2 Å². The van der Waals surface area contributed by atoms with Gasteiger partial charge in [-0.25, -0.2) is 9.59 Å². The maximum absolute atomic E-state index is 12.5. The number of ether oxygens (including phenoxy) is 1. The van der Waals surface area contributed by atoms with Gasteiger partial charge in [-0.15, -0.1) is 0 Å². The summed E-state index contributed by atoms with van der Waals surface area (Å²) in [5, 5.41) is 10.1. The van der Waals surface area contributed by atoms with E-state index in [0.717, 1.165) is 18.5 Å². The zero-order chi connectivity index (χ0) is 18.5. The first-order valence-electron chi connectivity index (χ1n) is 8.60. The van der Waals surface area contributed by atoms with Crippen LogP contribution in [-0.4, -0.2) is 46.8 Å². The largest absolute Gasteiger partial charge is 0.462 e. The molecule has 7 nitrogen and oxygen atoms in total. The van der Waals surface area contributed by atoms with Crippen LogP contribution < -0.4 is 5.32 Å². The van der Waals surface area contributed by atoms with Crippen LogP contribution >= 0.6 is 11.6 Å². The molecule has 1 aliphatic rings. The Balaban J connectivity index is 1.60. The molecular formula is C18H21ClN4O3. The molecule has 1 saturated heterocycles. The summed E-state index contributed by atoms with van der Waals surface area (Å²) in [4.78, 5) is 26.2. The summed E-state index contributed by atoms with van der Waals surface area (Å²) in [5.74, 6) is -0.110.